The zero-order chi connectivity index (χ0) is 17.0. The molecule has 0 bridgehead atoms. The monoisotopic (exact) mass is 331 g/mol. The first kappa shape index (κ1) is 17.1. The van der Waals surface area contributed by atoms with Gasteiger partial charge < -0.3 is 19.9 Å². The summed E-state index contributed by atoms with van der Waals surface area (Å²) in [5, 5.41) is 3.38. The number of nitrogens with one attached hydrogen (secondary N) is 1. The lowest BCUT2D eigenvalue weighted by Crippen LogP contribution is -2.56. The quantitative estimate of drug-likeness (QED) is 0.918. The molecule has 1 aromatic rings. The van der Waals surface area contributed by atoms with Crippen molar-refractivity contribution in [3.8, 4) is 5.75 Å². The number of anilines is 1. The number of benzene rings is 1. The van der Waals surface area contributed by atoms with Gasteiger partial charge in [-0.1, -0.05) is 12.1 Å². The number of piperidine rings is 1. The Morgan fingerprint density at radius 1 is 1.25 bits per heavy atom. The lowest BCUT2D eigenvalue weighted by Gasteiger charge is -2.42. The highest BCUT2D eigenvalue weighted by atomic mass is 16.5. The number of ether oxygens (including phenoxy) is 1. The average molecular weight is 331 g/mol. The Balaban J connectivity index is 1.63. The van der Waals surface area contributed by atoms with Gasteiger partial charge in [0.05, 0.1) is 17.7 Å². The zero-order valence-electron chi connectivity index (χ0n) is 14.9. The Hall–Kier alpha value is -1.75. The van der Waals surface area contributed by atoms with E-state index in [1.807, 2.05) is 30.0 Å². The fourth-order valence-electron chi connectivity index (χ4n) is 3.77. The molecule has 2 heterocycles. The molecule has 5 heteroatoms. The normalized spacial score (nSPS) is 24.8. The highest BCUT2D eigenvalue weighted by Crippen LogP contribution is 2.31. The lowest BCUT2D eigenvalue weighted by molar-refractivity contribution is -0.142. The van der Waals surface area contributed by atoms with Crippen molar-refractivity contribution in [2.45, 2.75) is 26.7 Å². The van der Waals surface area contributed by atoms with E-state index in [4.69, 9.17) is 4.74 Å². The van der Waals surface area contributed by atoms with Crippen LogP contribution in [0.3, 0.4) is 0 Å². The number of carbonyl (C=O) groups excluding carboxylic acids is 1. The van der Waals surface area contributed by atoms with Crippen molar-refractivity contribution in [3.63, 3.8) is 0 Å². The first-order valence-electron chi connectivity index (χ1n) is 9.11. The smallest absolute Gasteiger partial charge is 0.229 e. The summed E-state index contributed by atoms with van der Waals surface area (Å²) in [6.45, 7) is 9.91. The summed E-state index contributed by atoms with van der Waals surface area (Å²) in [6.07, 6.45) is 2.08. The van der Waals surface area contributed by atoms with Crippen LogP contribution in [0.1, 0.15) is 26.7 Å². The Morgan fingerprint density at radius 2 is 2.00 bits per heavy atom. The predicted molar refractivity (Wildman–Crippen MR) is 96.6 cm³/mol. The summed E-state index contributed by atoms with van der Waals surface area (Å²) in [5.74, 6) is 1.25. The number of para-hydroxylation sites is 2. The standard InChI is InChI=1S/C19H29N3O2/c1-3-24-17-8-5-4-7-16(17)21-11-13-22(14-12-21)18(23)19(2)9-6-10-20-15-19/h4-5,7-8,20H,3,6,9-15H2,1-2H3/t19-/m1/s1. The van der Waals surface area contributed by atoms with Crippen LogP contribution in [-0.2, 0) is 4.79 Å². The second-order valence-corrected chi connectivity index (χ2v) is 7.02. The van der Waals surface area contributed by atoms with Crippen molar-refractivity contribution in [2.75, 3.05) is 50.8 Å². The average Bonchev–Trinajstić information content (AvgIpc) is 2.63. The fourth-order valence-corrected chi connectivity index (χ4v) is 3.77. The maximum atomic E-state index is 12.9. The van der Waals surface area contributed by atoms with E-state index in [0.717, 1.165) is 63.5 Å². The van der Waals surface area contributed by atoms with Crippen molar-refractivity contribution >= 4 is 11.6 Å². The summed E-state index contributed by atoms with van der Waals surface area (Å²) in [4.78, 5) is 17.3. The Bertz CT molecular complexity index is 561. The molecule has 1 atom stereocenters. The van der Waals surface area contributed by atoms with Crippen LogP contribution in [-0.4, -0.2) is 56.7 Å². The van der Waals surface area contributed by atoms with E-state index in [2.05, 4.69) is 23.2 Å². The van der Waals surface area contributed by atoms with Crippen molar-refractivity contribution in [1.29, 1.82) is 0 Å². The molecular formula is C19H29N3O2. The molecule has 0 saturated carbocycles. The van der Waals surface area contributed by atoms with Gasteiger partial charge in [0.25, 0.3) is 0 Å². The second kappa shape index (κ2) is 7.43. The molecule has 2 aliphatic rings. The third-order valence-electron chi connectivity index (χ3n) is 5.19. The van der Waals surface area contributed by atoms with Gasteiger partial charge in [-0.05, 0) is 45.4 Å². The minimum atomic E-state index is -0.232. The van der Waals surface area contributed by atoms with Gasteiger partial charge in [-0.25, -0.2) is 0 Å². The SMILES string of the molecule is CCOc1ccccc1N1CCN(C(=O)[C@]2(C)CCCNC2)CC1. The number of carbonyl (C=O) groups is 1. The van der Waals surface area contributed by atoms with Gasteiger partial charge in [0.1, 0.15) is 5.75 Å². The van der Waals surface area contributed by atoms with E-state index in [0.29, 0.717) is 12.5 Å². The Labute approximate surface area is 145 Å². The van der Waals surface area contributed by atoms with Gasteiger partial charge in [0.2, 0.25) is 5.91 Å². The molecule has 1 aromatic carbocycles. The first-order chi connectivity index (χ1) is 11.6. The molecule has 5 nitrogen and oxygen atoms in total. The number of rotatable bonds is 4. The van der Waals surface area contributed by atoms with Crippen molar-refractivity contribution in [2.24, 2.45) is 5.41 Å². The van der Waals surface area contributed by atoms with Crippen molar-refractivity contribution in [3.05, 3.63) is 24.3 Å². The van der Waals surface area contributed by atoms with E-state index in [1.54, 1.807) is 0 Å². The zero-order valence-corrected chi connectivity index (χ0v) is 14.9. The topological polar surface area (TPSA) is 44.8 Å². The Kier molecular flexibility index (Phi) is 5.29. The number of nitrogens with zero attached hydrogens (tertiary/aromatic N) is 2. The van der Waals surface area contributed by atoms with Crippen LogP contribution < -0.4 is 15.0 Å². The highest BCUT2D eigenvalue weighted by Gasteiger charge is 2.38. The maximum absolute atomic E-state index is 12.9. The van der Waals surface area contributed by atoms with Crippen LogP contribution >= 0.6 is 0 Å². The van der Waals surface area contributed by atoms with Gasteiger partial charge in [-0.3, -0.25) is 4.79 Å². The molecular weight excluding hydrogens is 302 g/mol. The molecule has 0 unspecified atom stereocenters. The van der Waals surface area contributed by atoms with E-state index < -0.39 is 0 Å². The lowest BCUT2D eigenvalue weighted by atomic mass is 9.81. The minimum absolute atomic E-state index is 0.232. The van der Waals surface area contributed by atoms with Crippen LogP contribution in [0.2, 0.25) is 0 Å². The molecule has 2 saturated heterocycles. The molecule has 0 spiro atoms. The molecule has 0 aliphatic carbocycles. The summed E-state index contributed by atoms with van der Waals surface area (Å²) >= 11 is 0. The third kappa shape index (κ3) is 3.51. The summed E-state index contributed by atoms with van der Waals surface area (Å²) < 4.78 is 5.75. The number of hydrogen-bond donors (Lipinski definition) is 1. The summed E-state index contributed by atoms with van der Waals surface area (Å²) in [5.41, 5.74) is 0.904. The number of hydrogen-bond acceptors (Lipinski definition) is 4. The van der Waals surface area contributed by atoms with Gasteiger partial charge in [0, 0.05) is 32.7 Å². The molecule has 24 heavy (non-hydrogen) atoms. The van der Waals surface area contributed by atoms with Gasteiger partial charge >= 0.3 is 0 Å². The van der Waals surface area contributed by atoms with E-state index in [9.17, 15) is 4.79 Å². The van der Waals surface area contributed by atoms with Crippen LogP contribution in [0.15, 0.2) is 24.3 Å². The molecule has 132 valence electrons. The van der Waals surface area contributed by atoms with Crippen LogP contribution in [0.4, 0.5) is 5.69 Å². The van der Waals surface area contributed by atoms with Crippen molar-refractivity contribution < 1.29 is 9.53 Å². The minimum Gasteiger partial charge on any atom is -0.492 e. The third-order valence-corrected chi connectivity index (χ3v) is 5.19. The number of piperazine rings is 1. The van der Waals surface area contributed by atoms with Gasteiger partial charge in [0.15, 0.2) is 0 Å². The summed E-state index contributed by atoms with van der Waals surface area (Å²) in [7, 11) is 0. The highest BCUT2D eigenvalue weighted by molar-refractivity contribution is 5.83. The predicted octanol–water partition coefficient (Wildman–Crippen LogP) is 2.12. The molecule has 2 fully saturated rings. The van der Waals surface area contributed by atoms with E-state index in [-0.39, 0.29) is 5.41 Å². The van der Waals surface area contributed by atoms with Crippen LogP contribution in [0.25, 0.3) is 0 Å². The second-order valence-electron chi connectivity index (χ2n) is 7.02. The van der Waals surface area contributed by atoms with E-state index in [1.165, 1.54) is 0 Å². The van der Waals surface area contributed by atoms with Crippen molar-refractivity contribution in [1.82, 2.24) is 10.2 Å². The number of amides is 1. The fraction of sp³-hybridized carbons (Fsp3) is 0.632. The molecule has 1 amide bonds. The molecule has 0 aromatic heterocycles. The molecule has 2 aliphatic heterocycles. The summed E-state index contributed by atoms with van der Waals surface area (Å²) in [6, 6.07) is 8.18. The Morgan fingerprint density at radius 3 is 2.67 bits per heavy atom. The first-order valence-corrected chi connectivity index (χ1v) is 9.11. The molecule has 0 radical (unpaired) electrons. The van der Waals surface area contributed by atoms with Crippen LogP contribution in [0.5, 0.6) is 5.75 Å². The van der Waals surface area contributed by atoms with Gasteiger partial charge in [-0.15, -0.1) is 0 Å². The largest absolute Gasteiger partial charge is 0.492 e. The molecule has 3 rings (SSSR count). The maximum Gasteiger partial charge on any atom is 0.229 e. The van der Waals surface area contributed by atoms with Gasteiger partial charge in [-0.2, -0.15) is 0 Å². The molecule has 1 N–H and O–H groups in total. The van der Waals surface area contributed by atoms with Crippen LogP contribution in [0, 0.1) is 5.41 Å². The van der Waals surface area contributed by atoms with E-state index >= 15 is 0 Å².